The van der Waals surface area contributed by atoms with Crippen molar-refractivity contribution in [1.29, 1.82) is 0 Å². The van der Waals surface area contributed by atoms with Gasteiger partial charge in [-0.3, -0.25) is 34.7 Å². The van der Waals surface area contributed by atoms with Crippen molar-refractivity contribution in [2.45, 2.75) is 6.04 Å². The van der Waals surface area contributed by atoms with E-state index in [1.54, 1.807) is 30.3 Å². The first-order chi connectivity index (χ1) is 15.8. The highest BCUT2D eigenvalue weighted by Gasteiger charge is 2.47. The fraction of sp³-hybridized carbons (Fsp3) is 0.0435. The minimum atomic E-state index is -1.16. The van der Waals surface area contributed by atoms with Crippen LogP contribution in [0, 0.1) is 20.2 Å². The van der Waals surface area contributed by atoms with Crippen molar-refractivity contribution in [3.63, 3.8) is 0 Å². The molecule has 0 spiro atoms. The van der Waals surface area contributed by atoms with Gasteiger partial charge in [0, 0.05) is 29.8 Å². The van der Waals surface area contributed by atoms with Gasteiger partial charge in [-0.2, -0.15) is 0 Å². The van der Waals surface area contributed by atoms with Crippen LogP contribution in [0.4, 0.5) is 17.1 Å². The third kappa shape index (κ3) is 3.81. The largest absolute Gasteiger partial charge is 0.507 e. The molecule has 1 amide bonds. The van der Waals surface area contributed by atoms with Crippen LogP contribution in [0.2, 0.25) is 0 Å². The van der Waals surface area contributed by atoms with Gasteiger partial charge >= 0.3 is 0 Å². The summed E-state index contributed by atoms with van der Waals surface area (Å²) in [6.07, 6.45) is 0. The number of ketones is 1. The molecule has 10 heteroatoms. The Kier molecular flexibility index (Phi) is 5.41. The van der Waals surface area contributed by atoms with Crippen molar-refractivity contribution in [2.75, 3.05) is 4.90 Å². The van der Waals surface area contributed by atoms with Crippen molar-refractivity contribution >= 4 is 34.5 Å². The number of non-ortho nitro benzene ring substituents is 2. The van der Waals surface area contributed by atoms with E-state index in [9.17, 15) is 34.9 Å². The summed E-state index contributed by atoms with van der Waals surface area (Å²) in [5.41, 5.74) is -0.0485. The van der Waals surface area contributed by atoms with Gasteiger partial charge in [-0.15, -0.1) is 0 Å². The number of nitro groups is 2. The highest BCUT2D eigenvalue weighted by molar-refractivity contribution is 6.51. The van der Waals surface area contributed by atoms with Crippen LogP contribution >= 0.6 is 0 Å². The molecule has 4 rings (SSSR count). The fourth-order valence-corrected chi connectivity index (χ4v) is 3.70. The highest BCUT2D eigenvalue weighted by Crippen LogP contribution is 2.43. The summed E-state index contributed by atoms with van der Waals surface area (Å²) in [5, 5.41) is 33.3. The van der Waals surface area contributed by atoms with Crippen molar-refractivity contribution in [3.8, 4) is 0 Å². The smallest absolute Gasteiger partial charge is 0.300 e. The fourth-order valence-electron chi connectivity index (χ4n) is 3.70. The summed E-state index contributed by atoms with van der Waals surface area (Å²) >= 11 is 0. The molecule has 1 aliphatic rings. The number of benzene rings is 3. The summed E-state index contributed by atoms with van der Waals surface area (Å²) < 4.78 is 0. The average molecular weight is 445 g/mol. The number of amides is 1. The molecule has 10 nitrogen and oxygen atoms in total. The number of nitro benzene ring substituents is 2. The molecule has 0 unspecified atom stereocenters. The number of aliphatic hydroxyl groups is 1. The second kappa shape index (κ2) is 8.35. The molecule has 33 heavy (non-hydrogen) atoms. The first-order valence-corrected chi connectivity index (χ1v) is 9.65. The maximum atomic E-state index is 13.0. The second-order valence-electron chi connectivity index (χ2n) is 7.16. The van der Waals surface area contributed by atoms with Crippen LogP contribution in [-0.4, -0.2) is 26.6 Å². The number of hydrogen-bond acceptors (Lipinski definition) is 7. The van der Waals surface area contributed by atoms with Crippen molar-refractivity contribution in [1.82, 2.24) is 0 Å². The summed E-state index contributed by atoms with van der Waals surface area (Å²) in [6.45, 7) is 0. The lowest BCUT2D eigenvalue weighted by Gasteiger charge is -2.25. The zero-order valence-corrected chi connectivity index (χ0v) is 16.8. The Morgan fingerprint density at radius 1 is 0.818 bits per heavy atom. The molecule has 1 aliphatic heterocycles. The maximum absolute atomic E-state index is 13.0. The molecule has 164 valence electrons. The standard InChI is InChI=1S/C23H15N3O7/c27-21(15-5-2-1-3-6-15)19-20(14-9-11-16(12-10-14)25(30)31)24(23(29)22(19)28)17-7-4-8-18(13-17)26(32)33/h1-13,20,27H/b21-19+/t20-/m1/s1. The zero-order valence-electron chi connectivity index (χ0n) is 16.8. The quantitative estimate of drug-likeness (QED) is 0.204. The van der Waals surface area contributed by atoms with Crippen LogP contribution in [0.3, 0.4) is 0 Å². The van der Waals surface area contributed by atoms with E-state index >= 15 is 0 Å². The Bertz CT molecular complexity index is 1320. The maximum Gasteiger partial charge on any atom is 0.300 e. The van der Waals surface area contributed by atoms with Gasteiger partial charge in [0.25, 0.3) is 23.1 Å². The predicted molar refractivity (Wildman–Crippen MR) is 117 cm³/mol. The van der Waals surface area contributed by atoms with E-state index in [4.69, 9.17) is 0 Å². The Morgan fingerprint density at radius 2 is 1.45 bits per heavy atom. The number of anilines is 1. The van der Waals surface area contributed by atoms with Crippen LogP contribution < -0.4 is 4.90 Å². The molecular weight excluding hydrogens is 430 g/mol. The van der Waals surface area contributed by atoms with Crippen LogP contribution in [0.25, 0.3) is 5.76 Å². The number of aliphatic hydroxyl groups excluding tert-OH is 1. The molecule has 0 aromatic heterocycles. The van der Waals surface area contributed by atoms with Crippen LogP contribution in [0.1, 0.15) is 17.2 Å². The number of nitrogens with zero attached hydrogens (tertiary/aromatic N) is 3. The third-order valence-corrected chi connectivity index (χ3v) is 5.23. The zero-order chi connectivity index (χ0) is 23.7. The predicted octanol–water partition coefficient (Wildman–Crippen LogP) is 4.13. The summed E-state index contributed by atoms with van der Waals surface area (Å²) in [5.74, 6) is -2.40. The Hall–Kier alpha value is -4.86. The van der Waals surface area contributed by atoms with Crippen molar-refractivity contribution in [3.05, 3.63) is 116 Å². The average Bonchev–Trinajstić information content (AvgIpc) is 3.09. The van der Waals surface area contributed by atoms with Gasteiger partial charge in [0.05, 0.1) is 27.1 Å². The molecule has 1 fully saturated rings. The summed E-state index contributed by atoms with van der Waals surface area (Å²) in [6, 6.07) is 17.3. The summed E-state index contributed by atoms with van der Waals surface area (Å²) in [7, 11) is 0. The van der Waals surface area contributed by atoms with Gasteiger partial charge < -0.3 is 5.11 Å². The lowest BCUT2D eigenvalue weighted by molar-refractivity contribution is -0.385. The van der Waals surface area contributed by atoms with Gasteiger partial charge in [0.2, 0.25) is 0 Å². The van der Waals surface area contributed by atoms with E-state index in [1.807, 2.05) is 0 Å². The molecular formula is C23H15N3O7. The molecule has 0 bridgehead atoms. The minimum Gasteiger partial charge on any atom is -0.507 e. The van der Waals surface area contributed by atoms with E-state index in [0.29, 0.717) is 11.1 Å². The van der Waals surface area contributed by atoms with E-state index < -0.39 is 33.3 Å². The minimum absolute atomic E-state index is 0.0711. The number of carbonyl (C=O) groups is 2. The molecule has 1 heterocycles. The van der Waals surface area contributed by atoms with Gasteiger partial charge in [-0.1, -0.05) is 36.4 Å². The number of carbonyl (C=O) groups excluding carboxylic acids is 2. The molecule has 1 saturated heterocycles. The first kappa shape index (κ1) is 21.4. The van der Waals surface area contributed by atoms with E-state index in [1.165, 1.54) is 42.5 Å². The molecule has 0 saturated carbocycles. The number of Topliss-reactive ketones (excluding diaryl/α,β-unsaturated/α-hetero) is 1. The lowest BCUT2D eigenvalue weighted by Crippen LogP contribution is -2.29. The Balaban J connectivity index is 1.94. The van der Waals surface area contributed by atoms with E-state index in [2.05, 4.69) is 0 Å². The van der Waals surface area contributed by atoms with Crippen LogP contribution in [0.5, 0.6) is 0 Å². The van der Waals surface area contributed by atoms with Crippen molar-refractivity contribution < 1.29 is 24.5 Å². The third-order valence-electron chi connectivity index (χ3n) is 5.23. The monoisotopic (exact) mass is 445 g/mol. The highest BCUT2D eigenvalue weighted by atomic mass is 16.6. The number of rotatable bonds is 5. The molecule has 0 radical (unpaired) electrons. The SMILES string of the molecule is O=C1C(=O)N(c2cccc([N+](=O)[O-])c2)[C@H](c2ccc([N+](=O)[O-])cc2)/C1=C(\O)c1ccccc1. The van der Waals surface area contributed by atoms with Gasteiger partial charge in [0.15, 0.2) is 0 Å². The number of hydrogen-bond donors (Lipinski definition) is 1. The van der Waals surface area contributed by atoms with Crippen LogP contribution in [0.15, 0.2) is 84.4 Å². The van der Waals surface area contributed by atoms with Gasteiger partial charge in [-0.05, 0) is 23.8 Å². The molecule has 1 N–H and O–H groups in total. The van der Waals surface area contributed by atoms with Crippen molar-refractivity contribution in [2.24, 2.45) is 0 Å². The Morgan fingerprint density at radius 3 is 2.06 bits per heavy atom. The molecule has 1 atom stereocenters. The first-order valence-electron chi connectivity index (χ1n) is 9.65. The van der Waals surface area contributed by atoms with E-state index in [0.717, 1.165) is 11.0 Å². The molecule has 3 aromatic rings. The Labute approximate surface area is 186 Å². The normalized spacial score (nSPS) is 17.2. The summed E-state index contributed by atoms with van der Waals surface area (Å²) in [4.78, 5) is 48.2. The lowest BCUT2D eigenvalue weighted by atomic mass is 9.95. The van der Waals surface area contributed by atoms with Crippen LogP contribution in [-0.2, 0) is 9.59 Å². The molecule has 0 aliphatic carbocycles. The van der Waals surface area contributed by atoms with Gasteiger partial charge in [0.1, 0.15) is 5.76 Å². The van der Waals surface area contributed by atoms with E-state index in [-0.39, 0.29) is 22.6 Å². The second-order valence-corrected chi connectivity index (χ2v) is 7.16. The topological polar surface area (TPSA) is 144 Å². The molecule has 3 aromatic carbocycles. The van der Waals surface area contributed by atoms with Gasteiger partial charge in [-0.25, -0.2) is 0 Å².